The number of thioether (sulfide) groups is 1. The van der Waals surface area contributed by atoms with E-state index in [4.69, 9.17) is 21.7 Å². The van der Waals surface area contributed by atoms with Crippen LogP contribution in [-0.2, 0) is 4.74 Å². The predicted octanol–water partition coefficient (Wildman–Crippen LogP) is 5.45. The van der Waals surface area contributed by atoms with Gasteiger partial charge in [-0.25, -0.2) is 4.79 Å². The van der Waals surface area contributed by atoms with Gasteiger partial charge in [0.1, 0.15) is 0 Å². The van der Waals surface area contributed by atoms with E-state index in [0.29, 0.717) is 24.6 Å². The molecule has 0 aromatic heterocycles. The highest BCUT2D eigenvalue weighted by molar-refractivity contribution is 9.11. The summed E-state index contributed by atoms with van der Waals surface area (Å²) in [7, 11) is 1.33. The molecular formula is C15H10Br2O3S2. The lowest BCUT2D eigenvalue weighted by atomic mass is 10.2. The summed E-state index contributed by atoms with van der Waals surface area (Å²) in [6, 6.07) is 13.0. The van der Waals surface area contributed by atoms with Crippen LogP contribution in [0.5, 0.6) is 5.75 Å². The Morgan fingerprint density at radius 2 is 1.73 bits per heavy atom. The van der Waals surface area contributed by atoms with Crippen LogP contribution in [0.1, 0.15) is 10.4 Å². The fourth-order valence-electron chi connectivity index (χ4n) is 1.58. The first-order valence-electron chi connectivity index (χ1n) is 6.03. The first-order valence-corrected chi connectivity index (χ1v) is 8.84. The number of rotatable bonds is 3. The number of hydrogen-bond acceptors (Lipinski definition) is 5. The van der Waals surface area contributed by atoms with Crippen molar-refractivity contribution < 1.29 is 14.3 Å². The topological polar surface area (TPSA) is 35.5 Å². The van der Waals surface area contributed by atoms with Crippen LogP contribution in [0.2, 0.25) is 0 Å². The van der Waals surface area contributed by atoms with Gasteiger partial charge in [0, 0.05) is 4.90 Å². The van der Waals surface area contributed by atoms with Crippen molar-refractivity contribution in [3.8, 4) is 5.75 Å². The molecule has 114 valence electrons. The molecule has 0 saturated carbocycles. The fraction of sp³-hybridized carbons (Fsp3) is 0.0667. The maximum atomic E-state index is 11.6. The molecule has 0 aliphatic heterocycles. The summed E-state index contributed by atoms with van der Waals surface area (Å²) in [5, 5.41) is 0. The fourth-order valence-corrected chi connectivity index (χ4v) is 3.91. The van der Waals surface area contributed by atoms with Gasteiger partial charge in [0.2, 0.25) is 4.38 Å². The van der Waals surface area contributed by atoms with Crippen molar-refractivity contribution in [1.82, 2.24) is 0 Å². The van der Waals surface area contributed by atoms with Gasteiger partial charge in [-0.05, 0) is 80.1 Å². The zero-order valence-corrected chi connectivity index (χ0v) is 16.1. The molecule has 0 saturated heterocycles. The first-order chi connectivity index (χ1) is 10.5. The normalized spacial score (nSPS) is 10.1. The molecular weight excluding hydrogens is 452 g/mol. The minimum Gasteiger partial charge on any atom is -0.465 e. The number of halogens is 2. The highest BCUT2D eigenvalue weighted by Crippen LogP contribution is 2.36. The van der Waals surface area contributed by atoms with Gasteiger partial charge in [0.05, 0.1) is 21.6 Å². The van der Waals surface area contributed by atoms with Crippen LogP contribution in [0.15, 0.2) is 56.3 Å². The predicted molar refractivity (Wildman–Crippen MR) is 98.7 cm³/mol. The molecule has 0 heterocycles. The minimum atomic E-state index is -0.422. The zero-order chi connectivity index (χ0) is 16.1. The Labute approximate surface area is 154 Å². The number of carbonyl (C=O) groups excluding carboxylic acids is 1. The standard InChI is InChI=1S/C15H10Br2O3S2/c1-19-14(18)9-7-11(16)13(12(17)8-9)20-15(21)22-10-5-3-2-4-6-10/h2-8H,1H3. The highest BCUT2D eigenvalue weighted by Gasteiger charge is 2.15. The maximum Gasteiger partial charge on any atom is 0.337 e. The summed E-state index contributed by atoms with van der Waals surface area (Å²) in [6.07, 6.45) is 0. The number of thiocarbonyl (C=S) groups is 1. The van der Waals surface area contributed by atoms with Crippen molar-refractivity contribution in [1.29, 1.82) is 0 Å². The SMILES string of the molecule is COC(=O)c1cc(Br)c(OC(=S)Sc2ccccc2)c(Br)c1. The average molecular weight is 462 g/mol. The summed E-state index contributed by atoms with van der Waals surface area (Å²) >= 11 is 13.4. The number of ether oxygens (including phenoxy) is 2. The third kappa shape index (κ3) is 4.55. The molecule has 2 rings (SSSR count). The molecule has 0 atom stereocenters. The number of esters is 1. The van der Waals surface area contributed by atoms with E-state index >= 15 is 0 Å². The third-order valence-electron chi connectivity index (χ3n) is 2.55. The molecule has 0 unspecified atom stereocenters. The Hall–Kier alpha value is -0.890. The second-order valence-corrected chi connectivity index (χ2v) is 7.41. The Morgan fingerprint density at radius 1 is 1.14 bits per heavy atom. The van der Waals surface area contributed by atoms with Crippen molar-refractivity contribution in [2.45, 2.75) is 4.90 Å². The van der Waals surface area contributed by atoms with E-state index in [9.17, 15) is 4.79 Å². The second kappa shape index (κ2) is 8.10. The molecule has 0 amide bonds. The molecule has 22 heavy (non-hydrogen) atoms. The van der Waals surface area contributed by atoms with Crippen LogP contribution in [0.25, 0.3) is 0 Å². The van der Waals surface area contributed by atoms with Gasteiger partial charge in [-0.3, -0.25) is 0 Å². The zero-order valence-electron chi connectivity index (χ0n) is 11.3. The number of hydrogen-bond donors (Lipinski definition) is 0. The first kappa shape index (κ1) is 17.5. The van der Waals surface area contributed by atoms with Gasteiger partial charge in [-0.1, -0.05) is 18.2 Å². The van der Waals surface area contributed by atoms with Crippen LogP contribution < -0.4 is 4.74 Å². The van der Waals surface area contributed by atoms with Crippen LogP contribution in [0.4, 0.5) is 0 Å². The molecule has 0 spiro atoms. The quantitative estimate of drug-likeness (QED) is 0.344. The molecule has 0 N–H and O–H groups in total. The highest BCUT2D eigenvalue weighted by atomic mass is 79.9. The Kier molecular flexibility index (Phi) is 6.43. The summed E-state index contributed by atoms with van der Waals surface area (Å²) < 4.78 is 12.0. The number of benzene rings is 2. The molecule has 0 aliphatic rings. The minimum absolute atomic E-state index is 0.360. The summed E-state index contributed by atoms with van der Waals surface area (Å²) in [5.74, 6) is 0.0928. The summed E-state index contributed by atoms with van der Waals surface area (Å²) in [5.41, 5.74) is 0.412. The van der Waals surface area contributed by atoms with E-state index in [0.717, 1.165) is 4.90 Å². The van der Waals surface area contributed by atoms with Gasteiger partial charge >= 0.3 is 5.97 Å². The summed E-state index contributed by atoms with van der Waals surface area (Å²) in [4.78, 5) is 12.5. The maximum absolute atomic E-state index is 11.6. The molecule has 0 aliphatic carbocycles. The van der Waals surface area contributed by atoms with Gasteiger partial charge in [-0.15, -0.1) is 0 Å². The van der Waals surface area contributed by atoms with E-state index in [2.05, 4.69) is 31.9 Å². The number of methoxy groups -OCH3 is 1. The monoisotopic (exact) mass is 460 g/mol. The molecule has 7 heteroatoms. The lowest BCUT2D eigenvalue weighted by Gasteiger charge is -2.11. The molecule has 3 nitrogen and oxygen atoms in total. The molecule has 0 bridgehead atoms. The molecule has 0 radical (unpaired) electrons. The van der Waals surface area contributed by atoms with Crippen molar-refractivity contribution in [2.24, 2.45) is 0 Å². The van der Waals surface area contributed by atoms with Crippen LogP contribution in [0.3, 0.4) is 0 Å². The Balaban J connectivity index is 2.16. The van der Waals surface area contributed by atoms with E-state index in [-0.39, 0.29) is 0 Å². The Bertz CT molecular complexity index is 682. The van der Waals surface area contributed by atoms with Gasteiger partial charge in [0.25, 0.3) is 0 Å². The van der Waals surface area contributed by atoms with Gasteiger partial charge in [0.15, 0.2) is 5.75 Å². The lowest BCUT2D eigenvalue weighted by Crippen LogP contribution is -2.05. The smallest absolute Gasteiger partial charge is 0.337 e. The van der Waals surface area contributed by atoms with Gasteiger partial charge < -0.3 is 9.47 Å². The number of carbonyl (C=O) groups is 1. The van der Waals surface area contributed by atoms with E-state index < -0.39 is 5.97 Å². The molecule has 2 aromatic carbocycles. The van der Waals surface area contributed by atoms with Gasteiger partial charge in [-0.2, -0.15) is 0 Å². The summed E-state index contributed by atoms with van der Waals surface area (Å²) in [6.45, 7) is 0. The largest absolute Gasteiger partial charge is 0.465 e. The van der Waals surface area contributed by atoms with Crippen LogP contribution in [0, 0.1) is 0 Å². The molecule has 2 aromatic rings. The van der Waals surface area contributed by atoms with E-state index in [1.165, 1.54) is 18.9 Å². The third-order valence-corrected chi connectivity index (χ3v) is 4.82. The van der Waals surface area contributed by atoms with Crippen molar-refractivity contribution in [2.75, 3.05) is 7.11 Å². The van der Waals surface area contributed by atoms with Crippen molar-refractivity contribution in [3.05, 3.63) is 57.0 Å². The average Bonchev–Trinajstić information content (AvgIpc) is 2.50. The van der Waals surface area contributed by atoms with Crippen molar-refractivity contribution in [3.63, 3.8) is 0 Å². The van der Waals surface area contributed by atoms with Crippen LogP contribution >= 0.6 is 55.8 Å². The second-order valence-electron chi connectivity index (χ2n) is 4.03. The van der Waals surface area contributed by atoms with Crippen LogP contribution in [-0.4, -0.2) is 17.5 Å². The lowest BCUT2D eigenvalue weighted by molar-refractivity contribution is 0.0600. The Morgan fingerprint density at radius 3 is 2.27 bits per heavy atom. The van der Waals surface area contributed by atoms with E-state index in [1.54, 1.807) is 12.1 Å². The van der Waals surface area contributed by atoms with E-state index in [1.807, 2.05) is 30.3 Å². The molecule has 0 fully saturated rings. The van der Waals surface area contributed by atoms with Crippen molar-refractivity contribution >= 4 is 66.2 Å².